The first-order valence-corrected chi connectivity index (χ1v) is 5.30. The Morgan fingerprint density at radius 2 is 2.38 bits per heavy atom. The van der Waals surface area contributed by atoms with Crippen molar-refractivity contribution in [2.75, 3.05) is 11.1 Å². The van der Waals surface area contributed by atoms with Crippen LogP contribution < -0.4 is 16.4 Å². The number of nitrogens with zero attached hydrogens (tertiary/aromatic N) is 2. The Balaban J connectivity index is 1.90. The van der Waals surface area contributed by atoms with Gasteiger partial charge in [0, 0.05) is 12.2 Å². The summed E-state index contributed by atoms with van der Waals surface area (Å²) in [6.07, 6.45) is 3.71. The summed E-state index contributed by atoms with van der Waals surface area (Å²) < 4.78 is 0. The molecule has 0 aromatic carbocycles. The number of nitrogens with two attached hydrogens (primary N) is 1. The Morgan fingerprint density at radius 1 is 1.62 bits per heavy atom. The highest BCUT2D eigenvalue weighted by Gasteiger charge is 2.25. The lowest BCUT2D eigenvalue weighted by Gasteiger charge is -2.13. The Morgan fingerprint density at radius 3 is 3.00 bits per heavy atom. The van der Waals surface area contributed by atoms with Crippen LogP contribution in [0, 0.1) is 0 Å². The average Bonchev–Trinajstić information content (AvgIpc) is 3.01. The van der Waals surface area contributed by atoms with Gasteiger partial charge in [-0.25, -0.2) is 4.98 Å². The molecule has 0 radical (unpaired) electrons. The third-order valence-electron chi connectivity index (χ3n) is 2.34. The van der Waals surface area contributed by atoms with Crippen molar-refractivity contribution in [3.8, 4) is 0 Å². The molecule has 1 unspecified atom stereocenters. The van der Waals surface area contributed by atoms with Gasteiger partial charge in [0.1, 0.15) is 11.9 Å². The summed E-state index contributed by atoms with van der Waals surface area (Å²) in [4.78, 5) is 19.6. The van der Waals surface area contributed by atoms with E-state index in [-0.39, 0.29) is 11.9 Å². The molecule has 2 rings (SSSR count). The smallest absolute Gasteiger partial charge is 0.242 e. The predicted octanol–water partition coefficient (Wildman–Crippen LogP) is 0.138. The van der Waals surface area contributed by atoms with Crippen LogP contribution in [-0.2, 0) is 4.79 Å². The zero-order valence-electron chi connectivity index (χ0n) is 9.10. The maximum Gasteiger partial charge on any atom is 0.242 e. The Kier molecular flexibility index (Phi) is 2.89. The lowest BCUT2D eigenvalue weighted by atomic mass is 10.3. The fraction of sp³-hybridized carbons (Fsp3) is 0.500. The molecule has 0 saturated heterocycles. The van der Waals surface area contributed by atoms with Crippen molar-refractivity contribution in [2.24, 2.45) is 0 Å². The molecule has 0 bridgehead atoms. The topological polar surface area (TPSA) is 92.9 Å². The standard InChI is InChI=1S/C10H15N5O/c1-6(9(16)14-7-2-3-7)13-10-12-5-4-8(11)15-10/h4-7H,2-3H2,1H3,(H,14,16)(H3,11,12,13,15). The van der Waals surface area contributed by atoms with Gasteiger partial charge in [-0.3, -0.25) is 4.79 Å². The van der Waals surface area contributed by atoms with Crippen molar-refractivity contribution in [3.63, 3.8) is 0 Å². The second-order valence-corrected chi connectivity index (χ2v) is 3.95. The molecule has 1 aromatic heterocycles. The van der Waals surface area contributed by atoms with Crippen molar-refractivity contribution < 1.29 is 4.79 Å². The van der Waals surface area contributed by atoms with Crippen molar-refractivity contribution >= 4 is 17.7 Å². The van der Waals surface area contributed by atoms with Crippen molar-refractivity contribution in [3.05, 3.63) is 12.3 Å². The average molecular weight is 221 g/mol. The lowest BCUT2D eigenvalue weighted by molar-refractivity contribution is -0.121. The number of carbonyl (C=O) groups excluding carboxylic acids is 1. The van der Waals surface area contributed by atoms with E-state index in [9.17, 15) is 4.79 Å². The van der Waals surface area contributed by atoms with Crippen molar-refractivity contribution in [1.29, 1.82) is 0 Å². The van der Waals surface area contributed by atoms with Crippen molar-refractivity contribution in [1.82, 2.24) is 15.3 Å². The number of hydrogen-bond acceptors (Lipinski definition) is 5. The van der Waals surface area contributed by atoms with E-state index in [0.29, 0.717) is 17.8 Å². The number of nitrogens with one attached hydrogen (secondary N) is 2. The third-order valence-corrected chi connectivity index (χ3v) is 2.34. The minimum Gasteiger partial charge on any atom is -0.384 e. The molecule has 1 fully saturated rings. The summed E-state index contributed by atoms with van der Waals surface area (Å²) in [5.41, 5.74) is 5.51. The molecule has 1 aromatic rings. The molecule has 0 aliphatic heterocycles. The van der Waals surface area contributed by atoms with E-state index < -0.39 is 0 Å². The zero-order chi connectivity index (χ0) is 11.5. The van der Waals surface area contributed by atoms with Crippen LogP contribution in [0.5, 0.6) is 0 Å². The predicted molar refractivity (Wildman–Crippen MR) is 60.7 cm³/mol. The second-order valence-electron chi connectivity index (χ2n) is 3.95. The first-order chi connectivity index (χ1) is 7.65. The normalized spacial score (nSPS) is 16.6. The number of anilines is 2. The molecule has 1 amide bonds. The number of hydrogen-bond donors (Lipinski definition) is 3. The maximum absolute atomic E-state index is 11.6. The van der Waals surface area contributed by atoms with Crippen LogP contribution in [0.1, 0.15) is 19.8 Å². The van der Waals surface area contributed by atoms with E-state index in [4.69, 9.17) is 5.73 Å². The Hall–Kier alpha value is -1.85. The third kappa shape index (κ3) is 2.82. The molecule has 6 heteroatoms. The largest absolute Gasteiger partial charge is 0.384 e. The molecular formula is C10H15N5O. The van der Waals surface area contributed by atoms with Gasteiger partial charge in [0.25, 0.3) is 0 Å². The van der Waals surface area contributed by atoms with Crippen LogP contribution in [0.3, 0.4) is 0 Å². The van der Waals surface area contributed by atoms with Gasteiger partial charge in [0.2, 0.25) is 11.9 Å². The van der Waals surface area contributed by atoms with E-state index >= 15 is 0 Å². The first kappa shape index (κ1) is 10.7. The minimum atomic E-state index is -0.359. The number of rotatable bonds is 4. The van der Waals surface area contributed by atoms with Gasteiger partial charge in [-0.2, -0.15) is 4.98 Å². The van der Waals surface area contributed by atoms with Gasteiger partial charge in [0.05, 0.1) is 0 Å². The summed E-state index contributed by atoms with van der Waals surface area (Å²) in [6, 6.07) is 1.60. The van der Waals surface area contributed by atoms with Crippen molar-refractivity contribution in [2.45, 2.75) is 31.8 Å². The molecule has 86 valence electrons. The van der Waals surface area contributed by atoms with Gasteiger partial charge >= 0.3 is 0 Å². The molecule has 4 N–H and O–H groups in total. The molecule has 1 saturated carbocycles. The molecule has 16 heavy (non-hydrogen) atoms. The van der Waals surface area contributed by atoms with E-state index in [2.05, 4.69) is 20.6 Å². The highest BCUT2D eigenvalue weighted by molar-refractivity contribution is 5.84. The van der Waals surface area contributed by atoms with Crippen LogP contribution in [0.2, 0.25) is 0 Å². The van der Waals surface area contributed by atoms with E-state index in [0.717, 1.165) is 12.8 Å². The van der Waals surface area contributed by atoms with Gasteiger partial charge in [-0.15, -0.1) is 0 Å². The SMILES string of the molecule is CC(Nc1nccc(N)n1)C(=O)NC1CC1. The fourth-order valence-electron chi connectivity index (χ4n) is 1.26. The van der Waals surface area contributed by atoms with Gasteiger partial charge < -0.3 is 16.4 Å². The molecule has 6 nitrogen and oxygen atoms in total. The number of carbonyl (C=O) groups is 1. The monoisotopic (exact) mass is 221 g/mol. The van der Waals surface area contributed by atoms with Crippen LogP contribution in [0.25, 0.3) is 0 Å². The Bertz CT molecular complexity index is 391. The lowest BCUT2D eigenvalue weighted by Crippen LogP contribution is -2.39. The zero-order valence-corrected chi connectivity index (χ0v) is 9.10. The van der Waals surface area contributed by atoms with E-state index in [1.807, 2.05) is 0 Å². The fourth-order valence-corrected chi connectivity index (χ4v) is 1.26. The number of nitrogen functional groups attached to an aromatic ring is 1. The molecule has 1 aliphatic rings. The molecular weight excluding hydrogens is 206 g/mol. The highest BCUT2D eigenvalue weighted by Crippen LogP contribution is 2.18. The quantitative estimate of drug-likeness (QED) is 0.672. The van der Waals surface area contributed by atoms with Crippen LogP contribution in [-0.4, -0.2) is 28.0 Å². The second kappa shape index (κ2) is 4.34. The molecule has 1 aliphatic carbocycles. The van der Waals surface area contributed by atoms with Gasteiger partial charge in [0.15, 0.2) is 0 Å². The van der Waals surface area contributed by atoms with Gasteiger partial charge in [-0.05, 0) is 25.8 Å². The summed E-state index contributed by atoms with van der Waals surface area (Å²) in [7, 11) is 0. The Labute approximate surface area is 93.7 Å². The first-order valence-electron chi connectivity index (χ1n) is 5.30. The highest BCUT2D eigenvalue weighted by atomic mass is 16.2. The van der Waals surface area contributed by atoms with Gasteiger partial charge in [-0.1, -0.05) is 0 Å². The molecule has 0 spiro atoms. The summed E-state index contributed by atoms with van der Waals surface area (Å²) >= 11 is 0. The van der Waals surface area contributed by atoms with Crippen LogP contribution in [0.4, 0.5) is 11.8 Å². The molecule has 1 heterocycles. The summed E-state index contributed by atoms with van der Waals surface area (Å²) in [5.74, 6) is 0.722. The number of aromatic nitrogens is 2. The number of amides is 1. The maximum atomic E-state index is 11.6. The molecule has 1 atom stereocenters. The minimum absolute atomic E-state index is 0.0338. The summed E-state index contributed by atoms with van der Waals surface area (Å²) in [5, 5.41) is 5.80. The van der Waals surface area contributed by atoms with E-state index in [1.54, 1.807) is 19.2 Å². The summed E-state index contributed by atoms with van der Waals surface area (Å²) in [6.45, 7) is 1.77. The van der Waals surface area contributed by atoms with E-state index in [1.165, 1.54) is 0 Å². The van der Waals surface area contributed by atoms with Crippen LogP contribution in [0.15, 0.2) is 12.3 Å². The van der Waals surface area contributed by atoms with Crippen LogP contribution >= 0.6 is 0 Å².